The van der Waals surface area contributed by atoms with Gasteiger partial charge >= 0.3 is 0 Å². The zero-order valence-electron chi connectivity index (χ0n) is 10.9. The molecule has 4 nitrogen and oxygen atoms in total. The topological polar surface area (TPSA) is 68.0 Å². The number of hydrogen-bond donors (Lipinski definition) is 2. The lowest BCUT2D eigenvalue weighted by Crippen LogP contribution is -2.14. The molecule has 0 aliphatic heterocycles. The van der Waals surface area contributed by atoms with Crippen LogP contribution in [0.5, 0.6) is 0 Å². The zero-order chi connectivity index (χ0) is 14.4. The van der Waals surface area contributed by atoms with Crippen molar-refractivity contribution in [2.24, 2.45) is 5.73 Å². The first-order chi connectivity index (χ1) is 9.67. The van der Waals surface area contributed by atoms with E-state index in [1.54, 1.807) is 12.1 Å². The number of nitrogens with two attached hydrogens (primary N) is 1. The van der Waals surface area contributed by atoms with Gasteiger partial charge in [-0.3, -0.25) is 4.79 Å². The molecule has 2 aromatic rings. The summed E-state index contributed by atoms with van der Waals surface area (Å²) in [6, 6.07) is 5.82. The monoisotopic (exact) mass is 293 g/mol. The summed E-state index contributed by atoms with van der Waals surface area (Å²) in [7, 11) is 0. The van der Waals surface area contributed by atoms with E-state index in [2.05, 4.69) is 10.3 Å². The highest BCUT2D eigenvalue weighted by Crippen LogP contribution is 2.14. The van der Waals surface area contributed by atoms with Crippen molar-refractivity contribution in [3.63, 3.8) is 0 Å². The van der Waals surface area contributed by atoms with Gasteiger partial charge in [0.15, 0.2) is 0 Å². The third-order valence-electron chi connectivity index (χ3n) is 2.64. The lowest BCUT2D eigenvalue weighted by atomic mass is 10.2. The number of aryl methyl sites for hydroxylation is 1. The van der Waals surface area contributed by atoms with Gasteiger partial charge in [0.05, 0.1) is 17.1 Å². The molecule has 20 heavy (non-hydrogen) atoms. The first kappa shape index (κ1) is 14.6. The summed E-state index contributed by atoms with van der Waals surface area (Å²) in [6.07, 6.45) is 1.92. The van der Waals surface area contributed by atoms with E-state index in [9.17, 15) is 9.18 Å². The van der Waals surface area contributed by atoms with E-state index >= 15 is 0 Å². The summed E-state index contributed by atoms with van der Waals surface area (Å²) in [4.78, 5) is 16.2. The van der Waals surface area contributed by atoms with Crippen LogP contribution in [0.4, 0.5) is 10.1 Å². The number of anilines is 1. The standard InChI is InChI=1S/C14H16FN3OS/c15-10-3-1-4-11(7-10)17-13(19)8-12-9-20-14(18-12)5-2-6-16/h1,3-4,7,9H,2,5-6,8,16H2,(H,17,19). The van der Waals surface area contributed by atoms with Crippen LogP contribution in [0.2, 0.25) is 0 Å². The number of thiazole rings is 1. The van der Waals surface area contributed by atoms with Crippen molar-refractivity contribution in [2.45, 2.75) is 19.3 Å². The molecule has 1 amide bonds. The second-order valence-corrected chi connectivity index (χ2v) is 5.30. The van der Waals surface area contributed by atoms with Crippen molar-refractivity contribution in [3.8, 4) is 0 Å². The normalized spacial score (nSPS) is 10.5. The number of amides is 1. The van der Waals surface area contributed by atoms with E-state index < -0.39 is 0 Å². The van der Waals surface area contributed by atoms with E-state index in [0.29, 0.717) is 12.2 Å². The zero-order valence-corrected chi connectivity index (χ0v) is 11.8. The Morgan fingerprint density at radius 2 is 2.30 bits per heavy atom. The fourth-order valence-corrected chi connectivity index (χ4v) is 2.57. The van der Waals surface area contributed by atoms with Gasteiger partial charge in [0.2, 0.25) is 5.91 Å². The van der Waals surface area contributed by atoms with E-state index in [1.807, 2.05) is 5.38 Å². The van der Waals surface area contributed by atoms with Gasteiger partial charge in [0, 0.05) is 17.5 Å². The smallest absolute Gasteiger partial charge is 0.230 e. The molecule has 106 valence electrons. The Labute approximate surface area is 120 Å². The van der Waals surface area contributed by atoms with Crippen molar-refractivity contribution < 1.29 is 9.18 Å². The molecule has 0 radical (unpaired) electrons. The van der Waals surface area contributed by atoms with E-state index in [-0.39, 0.29) is 18.1 Å². The molecule has 0 aliphatic carbocycles. The van der Waals surface area contributed by atoms with Crippen LogP contribution < -0.4 is 11.1 Å². The number of rotatable bonds is 6. The molecule has 1 heterocycles. The fraction of sp³-hybridized carbons (Fsp3) is 0.286. The van der Waals surface area contributed by atoms with Crippen molar-refractivity contribution >= 4 is 22.9 Å². The number of carbonyl (C=O) groups excluding carboxylic acids is 1. The van der Waals surface area contributed by atoms with Crippen LogP contribution in [-0.2, 0) is 17.6 Å². The summed E-state index contributed by atoms with van der Waals surface area (Å²) in [6.45, 7) is 0.634. The lowest BCUT2D eigenvalue weighted by molar-refractivity contribution is -0.115. The molecular weight excluding hydrogens is 277 g/mol. The van der Waals surface area contributed by atoms with Gasteiger partial charge in [0.1, 0.15) is 5.82 Å². The quantitative estimate of drug-likeness (QED) is 0.859. The maximum Gasteiger partial charge on any atom is 0.230 e. The molecule has 3 N–H and O–H groups in total. The highest BCUT2D eigenvalue weighted by molar-refractivity contribution is 7.09. The molecule has 0 saturated carbocycles. The highest BCUT2D eigenvalue weighted by Gasteiger charge is 2.08. The Morgan fingerprint density at radius 3 is 3.05 bits per heavy atom. The molecule has 0 bridgehead atoms. The van der Waals surface area contributed by atoms with Crippen LogP contribution in [0.15, 0.2) is 29.6 Å². The Bertz CT molecular complexity index is 585. The molecule has 1 aromatic heterocycles. The van der Waals surface area contributed by atoms with Crippen LogP contribution in [0.25, 0.3) is 0 Å². The van der Waals surface area contributed by atoms with Gasteiger partial charge in [-0.1, -0.05) is 6.07 Å². The summed E-state index contributed by atoms with van der Waals surface area (Å²) in [5.41, 5.74) is 6.63. The molecule has 0 aliphatic rings. The van der Waals surface area contributed by atoms with Crippen molar-refractivity contribution in [2.75, 3.05) is 11.9 Å². The molecular formula is C14H16FN3OS. The number of aromatic nitrogens is 1. The third kappa shape index (κ3) is 4.40. The van der Waals surface area contributed by atoms with Gasteiger partial charge in [0.25, 0.3) is 0 Å². The van der Waals surface area contributed by atoms with Gasteiger partial charge in [-0.25, -0.2) is 9.37 Å². The molecule has 6 heteroatoms. The third-order valence-corrected chi connectivity index (χ3v) is 3.60. The molecule has 0 fully saturated rings. The minimum absolute atomic E-state index is 0.190. The number of halogens is 1. The van der Waals surface area contributed by atoms with Crippen molar-refractivity contribution in [1.29, 1.82) is 0 Å². The molecule has 0 unspecified atom stereocenters. The van der Waals surface area contributed by atoms with Crippen LogP contribution >= 0.6 is 11.3 Å². The minimum atomic E-state index is -0.375. The highest BCUT2D eigenvalue weighted by atomic mass is 32.1. The maximum absolute atomic E-state index is 13.0. The van der Waals surface area contributed by atoms with E-state index in [0.717, 1.165) is 23.5 Å². The predicted octanol–water partition coefficient (Wildman–Crippen LogP) is 2.35. The van der Waals surface area contributed by atoms with Gasteiger partial charge in [-0.15, -0.1) is 11.3 Å². The molecule has 1 aromatic carbocycles. The average Bonchev–Trinajstić information content (AvgIpc) is 2.83. The summed E-state index contributed by atoms with van der Waals surface area (Å²) in [5, 5.41) is 5.51. The van der Waals surface area contributed by atoms with Crippen LogP contribution in [0.1, 0.15) is 17.1 Å². The lowest BCUT2D eigenvalue weighted by Gasteiger charge is -2.03. The van der Waals surface area contributed by atoms with E-state index in [4.69, 9.17) is 5.73 Å². The molecule has 0 atom stereocenters. The van der Waals surface area contributed by atoms with Gasteiger partial charge < -0.3 is 11.1 Å². The molecule has 0 saturated heterocycles. The summed E-state index contributed by atoms with van der Waals surface area (Å²) >= 11 is 1.53. The molecule has 2 rings (SSSR count). The van der Waals surface area contributed by atoms with Crippen molar-refractivity contribution in [3.05, 3.63) is 46.2 Å². The first-order valence-corrected chi connectivity index (χ1v) is 7.24. The SMILES string of the molecule is NCCCc1nc(CC(=O)Nc2cccc(F)c2)cs1. The summed E-state index contributed by atoms with van der Waals surface area (Å²) < 4.78 is 13.0. The minimum Gasteiger partial charge on any atom is -0.330 e. The van der Waals surface area contributed by atoms with Crippen LogP contribution in [-0.4, -0.2) is 17.4 Å². The maximum atomic E-state index is 13.0. The predicted molar refractivity (Wildman–Crippen MR) is 78.2 cm³/mol. The Morgan fingerprint density at radius 1 is 1.45 bits per heavy atom. The Balaban J connectivity index is 1.89. The number of carbonyl (C=O) groups is 1. The number of nitrogens with one attached hydrogen (secondary N) is 1. The number of hydrogen-bond acceptors (Lipinski definition) is 4. The Hall–Kier alpha value is -1.79. The largest absolute Gasteiger partial charge is 0.330 e. The number of benzene rings is 1. The second-order valence-electron chi connectivity index (χ2n) is 4.36. The average molecular weight is 293 g/mol. The second kappa shape index (κ2) is 7.12. The molecule has 0 spiro atoms. The number of nitrogens with zero attached hydrogens (tertiary/aromatic N) is 1. The van der Waals surface area contributed by atoms with Gasteiger partial charge in [-0.2, -0.15) is 0 Å². The van der Waals surface area contributed by atoms with Crippen LogP contribution in [0.3, 0.4) is 0 Å². The fourth-order valence-electron chi connectivity index (χ4n) is 1.73. The Kier molecular flexibility index (Phi) is 5.20. The van der Waals surface area contributed by atoms with E-state index in [1.165, 1.54) is 23.5 Å². The van der Waals surface area contributed by atoms with Crippen LogP contribution in [0, 0.1) is 5.82 Å². The van der Waals surface area contributed by atoms with Crippen molar-refractivity contribution in [1.82, 2.24) is 4.98 Å². The summed E-state index contributed by atoms with van der Waals surface area (Å²) in [5.74, 6) is -0.577. The van der Waals surface area contributed by atoms with Gasteiger partial charge in [-0.05, 0) is 31.2 Å². The first-order valence-electron chi connectivity index (χ1n) is 6.36.